The van der Waals surface area contributed by atoms with Crippen molar-refractivity contribution in [1.82, 2.24) is 0 Å². The number of hydrogen-bond acceptors (Lipinski definition) is 8. The molecule has 0 amide bonds. The first-order valence-electron chi connectivity index (χ1n) is 31.2. The van der Waals surface area contributed by atoms with Gasteiger partial charge in [0.15, 0.2) is 20.5 Å². The van der Waals surface area contributed by atoms with Gasteiger partial charge in [-0.2, -0.15) is 0 Å². The maximum Gasteiger partial charge on any atom is 0.339 e. The number of carbonyl (C=O) groups excluding carboxylic acids is 2. The van der Waals surface area contributed by atoms with Crippen molar-refractivity contribution >= 4 is 20.3 Å². The lowest BCUT2D eigenvalue weighted by Crippen LogP contribution is -2.47. The molecule has 0 saturated heterocycles. The second-order valence-electron chi connectivity index (χ2n) is 27.7. The van der Waals surface area contributed by atoms with Gasteiger partial charge in [-0.25, -0.2) is 9.59 Å². The van der Waals surface area contributed by atoms with Gasteiger partial charge in [0.05, 0.1) is 26.4 Å². The molecular formula is C76H106O8Si. The molecule has 0 aliphatic rings. The Morgan fingerprint density at radius 2 is 0.824 bits per heavy atom. The minimum atomic E-state index is -1.89. The number of aliphatic hydroxyl groups excluding tert-OH is 3. The SMILES string of the molecule is CCC(CC)(c1ccc(CCC(O)C(C)(C)C)c(C)c1)c1ccc(-c2cccc(C(O)C(=O)OC)c2)c(C)c1.CCC(CC)(c1ccc(CCC(O[Si](C)(C)C(C)(C)C)C(C)(C)C)c(C)c1)c1ccc(-c2cccc(C(O)C(=O)OC)c2)c(C)c1. The fourth-order valence-corrected chi connectivity index (χ4v) is 13.6. The summed E-state index contributed by atoms with van der Waals surface area (Å²) in [5, 5.41) is 31.4. The molecule has 0 fully saturated rings. The quantitative estimate of drug-likeness (QED) is 0.0454. The van der Waals surface area contributed by atoms with Crippen LogP contribution < -0.4 is 0 Å². The zero-order valence-corrected chi connectivity index (χ0v) is 56.9. The summed E-state index contributed by atoms with van der Waals surface area (Å²) in [7, 11) is 0.678. The molecule has 6 aromatic carbocycles. The molecule has 9 heteroatoms. The van der Waals surface area contributed by atoms with Crippen molar-refractivity contribution in [2.75, 3.05) is 14.2 Å². The average molecular weight is 1180 g/mol. The molecule has 0 radical (unpaired) electrons. The van der Waals surface area contributed by atoms with Gasteiger partial charge in [0.2, 0.25) is 0 Å². The number of aliphatic hydroxyl groups is 3. The highest BCUT2D eigenvalue weighted by Gasteiger charge is 2.42. The Bertz CT molecular complexity index is 3190. The highest BCUT2D eigenvalue weighted by atomic mass is 28.4. The van der Waals surface area contributed by atoms with Crippen molar-refractivity contribution in [3.63, 3.8) is 0 Å². The molecule has 0 saturated carbocycles. The van der Waals surface area contributed by atoms with E-state index >= 15 is 0 Å². The van der Waals surface area contributed by atoms with Gasteiger partial charge in [-0.15, -0.1) is 0 Å². The summed E-state index contributed by atoms with van der Waals surface area (Å²) in [6.07, 6.45) is 4.88. The second kappa shape index (κ2) is 28.9. The van der Waals surface area contributed by atoms with E-state index in [1.54, 1.807) is 12.1 Å². The number of benzene rings is 6. The smallest absolute Gasteiger partial charge is 0.339 e. The van der Waals surface area contributed by atoms with Gasteiger partial charge in [-0.05, 0) is 209 Å². The Labute approximate surface area is 514 Å². The highest BCUT2D eigenvalue weighted by molar-refractivity contribution is 6.74. The molecule has 3 N–H and O–H groups in total. The van der Waals surface area contributed by atoms with Crippen molar-refractivity contribution in [2.45, 2.75) is 222 Å². The third-order valence-electron chi connectivity index (χ3n) is 19.2. The molecule has 0 aliphatic heterocycles. The Hall–Kier alpha value is -5.68. The molecule has 6 rings (SSSR count). The van der Waals surface area contributed by atoms with Crippen LogP contribution in [0.2, 0.25) is 18.1 Å². The van der Waals surface area contributed by atoms with Gasteiger partial charge < -0.3 is 29.2 Å². The number of ether oxygens (including phenoxy) is 2. The molecule has 462 valence electrons. The maximum atomic E-state index is 11.9. The summed E-state index contributed by atoms with van der Waals surface area (Å²) in [5.74, 6) is -1.32. The van der Waals surface area contributed by atoms with Crippen LogP contribution in [0.5, 0.6) is 0 Å². The van der Waals surface area contributed by atoms with E-state index in [1.807, 2.05) is 36.4 Å². The lowest BCUT2D eigenvalue weighted by atomic mass is 9.69. The monoisotopic (exact) mass is 1170 g/mol. The van der Waals surface area contributed by atoms with Crippen LogP contribution in [0.1, 0.15) is 208 Å². The van der Waals surface area contributed by atoms with Crippen LogP contribution in [0.4, 0.5) is 0 Å². The van der Waals surface area contributed by atoms with E-state index in [1.165, 1.54) is 58.7 Å². The molecule has 8 nitrogen and oxygen atoms in total. The molecule has 4 atom stereocenters. The van der Waals surface area contributed by atoms with Gasteiger partial charge in [0, 0.05) is 10.8 Å². The van der Waals surface area contributed by atoms with E-state index in [2.05, 4.69) is 204 Å². The first-order valence-corrected chi connectivity index (χ1v) is 34.1. The summed E-state index contributed by atoms with van der Waals surface area (Å²) >= 11 is 0. The van der Waals surface area contributed by atoms with E-state index in [-0.39, 0.29) is 38.9 Å². The molecular weight excluding hydrogens is 1070 g/mol. The molecule has 0 aromatic heterocycles. The Morgan fingerprint density at radius 3 is 1.13 bits per heavy atom. The number of methoxy groups -OCH3 is 2. The normalized spacial score (nSPS) is 14.0. The summed E-state index contributed by atoms with van der Waals surface area (Å²) in [4.78, 5) is 23.8. The first kappa shape index (κ1) is 70.1. The molecule has 4 unspecified atom stereocenters. The third-order valence-corrected chi connectivity index (χ3v) is 23.7. The van der Waals surface area contributed by atoms with Crippen molar-refractivity contribution in [1.29, 1.82) is 0 Å². The van der Waals surface area contributed by atoms with E-state index in [0.29, 0.717) is 11.1 Å². The fourth-order valence-electron chi connectivity index (χ4n) is 12.0. The van der Waals surface area contributed by atoms with Gasteiger partial charge in [0.1, 0.15) is 0 Å². The third kappa shape index (κ3) is 16.5. The van der Waals surface area contributed by atoms with Crippen LogP contribution in [0.15, 0.2) is 121 Å². The maximum absolute atomic E-state index is 11.9. The van der Waals surface area contributed by atoms with Crippen LogP contribution in [-0.4, -0.2) is 62.0 Å². The summed E-state index contributed by atoms with van der Waals surface area (Å²) < 4.78 is 16.4. The molecule has 85 heavy (non-hydrogen) atoms. The Balaban J connectivity index is 0.000000315. The van der Waals surface area contributed by atoms with Crippen molar-refractivity contribution < 1.29 is 38.8 Å². The molecule has 0 aliphatic carbocycles. The Morgan fingerprint density at radius 1 is 0.471 bits per heavy atom. The average Bonchev–Trinajstić information content (AvgIpc) is 3.50. The zero-order valence-electron chi connectivity index (χ0n) is 55.9. The van der Waals surface area contributed by atoms with Gasteiger partial charge >= 0.3 is 11.9 Å². The van der Waals surface area contributed by atoms with E-state index in [0.717, 1.165) is 84.7 Å². The number of esters is 2. The summed E-state index contributed by atoms with van der Waals surface area (Å²) in [6, 6.07) is 42.4. The number of hydrogen-bond donors (Lipinski definition) is 3. The molecule has 0 bridgehead atoms. The first-order chi connectivity index (χ1) is 39.7. The molecule has 0 heterocycles. The van der Waals surface area contributed by atoms with Crippen LogP contribution in [0, 0.1) is 38.5 Å². The minimum absolute atomic E-state index is 0.0788. The largest absolute Gasteiger partial charge is 0.467 e. The van der Waals surface area contributed by atoms with E-state index in [9.17, 15) is 24.9 Å². The highest BCUT2D eigenvalue weighted by Crippen LogP contribution is 2.45. The number of aryl methyl sites for hydroxylation is 6. The lowest BCUT2D eigenvalue weighted by molar-refractivity contribution is -0.151. The second-order valence-corrected chi connectivity index (χ2v) is 32.5. The summed E-state index contributed by atoms with van der Waals surface area (Å²) in [6.45, 7) is 42.7. The van der Waals surface area contributed by atoms with Crippen LogP contribution in [0.25, 0.3) is 22.3 Å². The Kier molecular flexibility index (Phi) is 23.8. The predicted octanol–water partition coefficient (Wildman–Crippen LogP) is 18.3. The van der Waals surface area contributed by atoms with E-state index in [4.69, 9.17) is 13.9 Å². The zero-order chi connectivity index (χ0) is 63.6. The number of rotatable bonds is 22. The molecule has 6 aromatic rings. The predicted molar refractivity (Wildman–Crippen MR) is 356 cm³/mol. The van der Waals surface area contributed by atoms with Crippen LogP contribution in [0.3, 0.4) is 0 Å². The lowest BCUT2D eigenvalue weighted by Gasteiger charge is -2.43. The van der Waals surface area contributed by atoms with Crippen LogP contribution >= 0.6 is 0 Å². The minimum Gasteiger partial charge on any atom is -0.467 e. The van der Waals surface area contributed by atoms with Crippen LogP contribution in [-0.2, 0) is 47.2 Å². The topological polar surface area (TPSA) is 123 Å². The summed E-state index contributed by atoms with van der Waals surface area (Å²) in [5.41, 5.74) is 17.8. The van der Waals surface area contributed by atoms with Crippen molar-refractivity contribution in [3.05, 3.63) is 188 Å². The van der Waals surface area contributed by atoms with Gasteiger partial charge in [0.25, 0.3) is 0 Å². The van der Waals surface area contributed by atoms with Crippen molar-refractivity contribution in [2.24, 2.45) is 10.8 Å². The number of carbonyl (C=O) groups is 2. The van der Waals surface area contributed by atoms with Gasteiger partial charge in [-0.3, -0.25) is 0 Å². The van der Waals surface area contributed by atoms with E-state index < -0.39 is 32.5 Å². The fraction of sp³-hybridized carbons (Fsp3) is 0.500. The molecule has 0 spiro atoms. The van der Waals surface area contributed by atoms with Crippen molar-refractivity contribution in [3.8, 4) is 22.3 Å². The standard InChI is InChI=1S/C41H60O4Si.C35H46O4/c1-14-41(15-2,34-22-23-35(29(4)26-34)31-17-16-18-32(27-31)37(42)38(43)44-11)33-21-19-30(28(3)25-33)20-24-36(39(5,6)7)45-46(12,13)40(8,9)10;1-9-35(10-2,28-16-14-25(23(3)20-28)15-19-31(36)34(5,6)7)29-17-18-30(24(4)21-29)26-12-11-13-27(22-26)32(37)33(38)39-8/h16-19,21-23,25-27,36-37,42H,14-15,20,24H2,1-13H3;11-14,16-18,20-22,31-32,36-37H,9-10,15,19H2,1-8H3. The van der Waals surface area contributed by atoms with Gasteiger partial charge in [-0.1, -0.05) is 199 Å².